The van der Waals surface area contributed by atoms with Crippen molar-refractivity contribution in [2.45, 2.75) is 63.2 Å². The van der Waals surface area contributed by atoms with Gasteiger partial charge in [-0.3, -0.25) is 4.99 Å². The third kappa shape index (κ3) is 6.30. The van der Waals surface area contributed by atoms with Gasteiger partial charge < -0.3 is 15.4 Å². The van der Waals surface area contributed by atoms with Gasteiger partial charge in [0.05, 0.1) is 4.75 Å². The highest BCUT2D eigenvalue weighted by Crippen LogP contribution is 2.28. The zero-order valence-electron chi connectivity index (χ0n) is 15.0. The zero-order valence-corrected chi connectivity index (χ0v) is 15.8. The molecule has 0 amide bonds. The molecule has 1 heterocycles. The predicted molar refractivity (Wildman–Crippen MR) is 95.7 cm³/mol. The summed E-state index contributed by atoms with van der Waals surface area (Å²) in [7, 11) is -1.45. The van der Waals surface area contributed by atoms with Crippen LogP contribution in [0.15, 0.2) is 4.99 Å². The molecular formula is C16H33N3O3S. The average molecular weight is 348 g/mol. The second kappa shape index (κ2) is 9.47. The highest BCUT2D eigenvalue weighted by Gasteiger charge is 2.42. The molecule has 0 aromatic rings. The Hall–Kier alpha value is -0.820. The normalized spacial score (nSPS) is 20.1. The Kier molecular flexibility index (Phi) is 8.33. The number of rotatable bonds is 8. The van der Waals surface area contributed by atoms with Crippen molar-refractivity contribution in [1.82, 2.24) is 10.6 Å². The maximum atomic E-state index is 12.2. The second-order valence-corrected chi connectivity index (χ2v) is 8.94. The molecule has 1 rings (SSSR count). The number of nitrogens with zero attached hydrogens (tertiary/aromatic N) is 1. The van der Waals surface area contributed by atoms with Gasteiger partial charge in [-0.05, 0) is 26.2 Å². The van der Waals surface area contributed by atoms with Gasteiger partial charge in [0.25, 0.3) is 0 Å². The highest BCUT2D eigenvalue weighted by molar-refractivity contribution is 7.92. The molecule has 1 fully saturated rings. The first-order valence-electron chi connectivity index (χ1n) is 8.59. The van der Waals surface area contributed by atoms with E-state index in [0.29, 0.717) is 44.6 Å². The van der Waals surface area contributed by atoms with E-state index in [1.165, 1.54) is 25.5 Å². The third-order valence-electron chi connectivity index (χ3n) is 4.62. The van der Waals surface area contributed by atoms with Crippen LogP contribution in [-0.4, -0.2) is 58.2 Å². The molecule has 1 aliphatic rings. The van der Waals surface area contributed by atoms with Crippen LogP contribution in [0.4, 0.5) is 0 Å². The molecule has 1 saturated heterocycles. The molecule has 0 saturated carbocycles. The molecule has 0 spiro atoms. The molecule has 0 bridgehead atoms. The van der Waals surface area contributed by atoms with Crippen LogP contribution >= 0.6 is 0 Å². The van der Waals surface area contributed by atoms with Crippen molar-refractivity contribution < 1.29 is 13.2 Å². The molecule has 1 aliphatic heterocycles. The van der Waals surface area contributed by atoms with Crippen molar-refractivity contribution in [3.63, 3.8) is 0 Å². The van der Waals surface area contributed by atoms with Crippen molar-refractivity contribution in [3.05, 3.63) is 0 Å². The largest absolute Gasteiger partial charge is 0.381 e. The molecule has 7 heteroatoms. The van der Waals surface area contributed by atoms with Crippen LogP contribution in [0.3, 0.4) is 0 Å². The van der Waals surface area contributed by atoms with E-state index in [1.54, 1.807) is 7.05 Å². The van der Waals surface area contributed by atoms with Crippen molar-refractivity contribution >= 4 is 15.8 Å². The Morgan fingerprint density at radius 1 is 1.30 bits per heavy atom. The van der Waals surface area contributed by atoms with Crippen molar-refractivity contribution in [3.8, 4) is 0 Å². The van der Waals surface area contributed by atoms with Gasteiger partial charge >= 0.3 is 0 Å². The number of unbranched alkanes of at least 4 members (excludes halogenated alkanes) is 2. The Labute approximate surface area is 141 Å². The van der Waals surface area contributed by atoms with Crippen LogP contribution in [0.5, 0.6) is 0 Å². The van der Waals surface area contributed by atoms with E-state index < -0.39 is 14.6 Å². The molecule has 23 heavy (non-hydrogen) atoms. The van der Waals surface area contributed by atoms with E-state index in [0.717, 1.165) is 6.42 Å². The fourth-order valence-electron chi connectivity index (χ4n) is 2.87. The molecule has 6 nitrogen and oxygen atoms in total. The van der Waals surface area contributed by atoms with Crippen molar-refractivity contribution in [2.24, 2.45) is 4.99 Å². The van der Waals surface area contributed by atoms with Gasteiger partial charge in [-0.25, -0.2) is 8.42 Å². The number of nitrogens with one attached hydrogen (secondary N) is 2. The van der Waals surface area contributed by atoms with Gasteiger partial charge in [0, 0.05) is 39.1 Å². The maximum Gasteiger partial charge on any atom is 0.191 e. The zero-order chi connectivity index (χ0) is 17.3. The number of hydrogen-bond donors (Lipinski definition) is 2. The van der Waals surface area contributed by atoms with Crippen LogP contribution in [0, 0.1) is 0 Å². The van der Waals surface area contributed by atoms with Crippen LogP contribution < -0.4 is 10.6 Å². The molecule has 2 N–H and O–H groups in total. The van der Waals surface area contributed by atoms with Crippen LogP contribution in [-0.2, 0) is 14.6 Å². The quantitative estimate of drug-likeness (QED) is 0.397. The smallest absolute Gasteiger partial charge is 0.191 e. The minimum atomic E-state index is -3.16. The SMILES string of the molecule is CCCCCC(C)NC(=NC)NCC1(S(C)(=O)=O)CCOCC1. The molecule has 0 aromatic carbocycles. The summed E-state index contributed by atoms with van der Waals surface area (Å²) >= 11 is 0. The summed E-state index contributed by atoms with van der Waals surface area (Å²) in [6, 6.07) is 0.316. The number of hydrogen-bond acceptors (Lipinski definition) is 4. The topological polar surface area (TPSA) is 79.8 Å². The van der Waals surface area contributed by atoms with Crippen molar-refractivity contribution in [1.29, 1.82) is 0 Å². The van der Waals surface area contributed by atoms with E-state index in [9.17, 15) is 8.42 Å². The van der Waals surface area contributed by atoms with Gasteiger partial charge in [-0.15, -0.1) is 0 Å². The molecular weight excluding hydrogens is 314 g/mol. The summed E-state index contributed by atoms with van der Waals surface area (Å²) in [5, 5.41) is 6.56. The lowest BCUT2D eigenvalue weighted by molar-refractivity contribution is 0.0756. The first kappa shape index (κ1) is 20.2. The molecule has 1 atom stereocenters. The minimum absolute atomic E-state index is 0.316. The fourth-order valence-corrected chi connectivity index (χ4v) is 4.11. The van der Waals surface area contributed by atoms with E-state index in [2.05, 4.69) is 29.5 Å². The maximum absolute atomic E-state index is 12.2. The first-order chi connectivity index (χ1) is 10.8. The van der Waals surface area contributed by atoms with Gasteiger partial charge in [-0.2, -0.15) is 0 Å². The summed E-state index contributed by atoms with van der Waals surface area (Å²) < 4.78 is 29.1. The Balaban J connectivity index is 2.58. The summed E-state index contributed by atoms with van der Waals surface area (Å²) in [6.07, 6.45) is 7.09. The van der Waals surface area contributed by atoms with Gasteiger partial charge in [0.15, 0.2) is 15.8 Å². The van der Waals surface area contributed by atoms with Crippen LogP contribution in [0.2, 0.25) is 0 Å². The van der Waals surface area contributed by atoms with Gasteiger partial charge in [-0.1, -0.05) is 26.2 Å². The lowest BCUT2D eigenvalue weighted by Crippen LogP contribution is -2.54. The number of sulfone groups is 1. The van der Waals surface area contributed by atoms with Gasteiger partial charge in [0.2, 0.25) is 0 Å². The standard InChI is InChI=1S/C16H33N3O3S/c1-5-6-7-8-14(2)19-15(17-3)18-13-16(23(4,20)21)9-11-22-12-10-16/h14H,5-13H2,1-4H3,(H2,17,18,19). The summed E-state index contributed by atoms with van der Waals surface area (Å²) in [5.74, 6) is 0.670. The Bertz CT molecular complexity index is 471. The Morgan fingerprint density at radius 3 is 2.48 bits per heavy atom. The van der Waals surface area contributed by atoms with E-state index in [1.807, 2.05) is 0 Å². The predicted octanol–water partition coefficient (Wildman–Crippen LogP) is 1.71. The van der Waals surface area contributed by atoms with Crippen LogP contribution in [0.1, 0.15) is 52.4 Å². The third-order valence-corrected chi connectivity index (χ3v) is 6.74. The highest BCUT2D eigenvalue weighted by atomic mass is 32.2. The average Bonchev–Trinajstić information content (AvgIpc) is 2.51. The van der Waals surface area contributed by atoms with Crippen molar-refractivity contribution in [2.75, 3.05) is 33.1 Å². The number of aliphatic imine (C=N–C) groups is 1. The summed E-state index contributed by atoms with van der Waals surface area (Å²) in [6.45, 7) is 5.68. The molecule has 1 unspecified atom stereocenters. The molecule has 0 aliphatic carbocycles. The minimum Gasteiger partial charge on any atom is -0.381 e. The fraction of sp³-hybridized carbons (Fsp3) is 0.938. The second-order valence-electron chi connectivity index (χ2n) is 6.53. The van der Waals surface area contributed by atoms with E-state index >= 15 is 0 Å². The molecule has 0 radical (unpaired) electrons. The lowest BCUT2D eigenvalue weighted by atomic mass is 9.99. The van der Waals surface area contributed by atoms with E-state index in [4.69, 9.17) is 4.74 Å². The van der Waals surface area contributed by atoms with Gasteiger partial charge in [0.1, 0.15) is 0 Å². The monoisotopic (exact) mass is 347 g/mol. The Morgan fingerprint density at radius 2 is 1.96 bits per heavy atom. The molecule has 136 valence electrons. The number of ether oxygens (including phenoxy) is 1. The molecule has 0 aromatic heterocycles. The lowest BCUT2D eigenvalue weighted by Gasteiger charge is -2.36. The van der Waals surface area contributed by atoms with E-state index in [-0.39, 0.29) is 0 Å². The first-order valence-corrected chi connectivity index (χ1v) is 10.5. The summed E-state index contributed by atoms with van der Waals surface area (Å²) in [5.41, 5.74) is 0. The van der Waals surface area contributed by atoms with Crippen LogP contribution in [0.25, 0.3) is 0 Å². The number of guanidine groups is 1. The summed E-state index contributed by atoms with van der Waals surface area (Å²) in [4.78, 5) is 4.22.